The van der Waals surface area contributed by atoms with Crippen molar-refractivity contribution in [3.05, 3.63) is 24.5 Å². The van der Waals surface area contributed by atoms with Crippen LogP contribution in [0.25, 0.3) is 8.96 Å². The molecule has 1 aromatic heterocycles. The summed E-state index contributed by atoms with van der Waals surface area (Å²) in [6, 6.07) is 0. The molecule has 0 aliphatic rings. The van der Waals surface area contributed by atoms with Crippen LogP contribution in [-0.4, -0.2) is 8.75 Å². The Morgan fingerprint density at radius 3 is 1.62 bits per heavy atom. The van der Waals surface area contributed by atoms with Gasteiger partial charge in [-0.3, -0.25) is 0 Å². The summed E-state index contributed by atoms with van der Waals surface area (Å²) in [4.78, 5) is 0. The van der Waals surface area contributed by atoms with E-state index in [1.54, 1.807) is 0 Å². The molecular formula is C8H10Br2N2S. The molecule has 0 atom stereocenters. The van der Waals surface area contributed by atoms with Gasteiger partial charge in [0, 0.05) is 8.96 Å². The number of hydrogen-bond donors (Lipinski definition) is 0. The fourth-order valence-corrected chi connectivity index (χ4v) is 1.93. The summed E-state index contributed by atoms with van der Waals surface area (Å²) in [5.74, 6) is 0. The van der Waals surface area contributed by atoms with Crippen molar-refractivity contribution in [2.45, 2.75) is 13.8 Å². The van der Waals surface area contributed by atoms with Crippen molar-refractivity contribution >= 4 is 52.6 Å². The fraction of sp³-hybridized carbons (Fsp3) is 0.250. The molecule has 0 aliphatic heterocycles. The standard InChI is InChI=1S/C6H4Br2N2S.C2H6/c1-3(7)5-6(4(2)8)10-11-9-5;1-2/h1-2H2;1-2H3. The monoisotopic (exact) mass is 324 g/mol. The molecule has 0 radical (unpaired) electrons. The van der Waals surface area contributed by atoms with Gasteiger partial charge < -0.3 is 0 Å². The molecule has 0 saturated heterocycles. The third kappa shape index (κ3) is 3.70. The van der Waals surface area contributed by atoms with Gasteiger partial charge in [0.05, 0.1) is 11.7 Å². The summed E-state index contributed by atoms with van der Waals surface area (Å²) in [5, 5.41) is 0. The molecule has 1 aromatic rings. The van der Waals surface area contributed by atoms with Gasteiger partial charge in [-0.1, -0.05) is 27.0 Å². The predicted octanol–water partition coefficient (Wildman–Crippen LogP) is 4.30. The van der Waals surface area contributed by atoms with E-state index in [2.05, 4.69) is 53.8 Å². The summed E-state index contributed by atoms with van der Waals surface area (Å²) < 4.78 is 9.51. The van der Waals surface area contributed by atoms with Crippen molar-refractivity contribution in [3.63, 3.8) is 0 Å². The van der Waals surface area contributed by atoms with Crippen LogP contribution in [0.3, 0.4) is 0 Å². The SMILES string of the molecule is C=C(Br)c1nsnc1C(=C)Br.CC. The summed E-state index contributed by atoms with van der Waals surface area (Å²) in [6.45, 7) is 11.4. The van der Waals surface area contributed by atoms with E-state index in [-0.39, 0.29) is 0 Å². The van der Waals surface area contributed by atoms with E-state index in [4.69, 9.17) is 0 Å². The minimum absolute atomic E-state index is 0.724. The Morgan fingerprint density at radius 1 is 1.08 bits per heavy atom. The molecule has 2 nitrogen and oxygen atoms in total. The van der Waals surface area contributed by atoms with Gasteiger partial charge in [0.2, 0.25) is 0 Å². The molecule has 0 saturated carbocycles. The minimum atomic E-state index is 0.724. The highest BCUT2D eigenvalue weighted by Crippen LogP contribution is 2.27. The summed E-state index contributed by atoms with van der Waals surface area (Å²) in [6.07, 6.45) is 0. The van der Waals surface area contributed by atoms with Crippen molar-refractivity contribution in [1.29, 1.82) is 0 Å². The molecule has 0 unspecified atom stereocenters. The van der Waals surface area contributed by atoms with Crippen LogP contribution in [0.4, 0.5) is 0 Å². The van der Waals surface area contributed by atoms with Crippen molar-refractivity contribution in [2.75, 3.05) is 0 Å². The lowest BCUT2D eigenvalue weighted by atomic mass is 10.3. The highest BCUT2D eigenvalue weighted by atomic mass is 79.9. The Hall–Kier alpha value is -0.000000000000000111. The van der Waals surface area contributed by atoms with E-state index in [1.165, 1.54) is 0 Å². The van der Waals surface area contributed by atoms with Crippen molar-refractivity contribution < 1.29 is 0 Å². The van der Waals surface area contributed by atoms with Crippen molar-refractivity contribution in [3.8, 4) is 0 Å². The second kappa shape index (κ2) is 6.45. The molecule has 1 heterocycles. The quantitative estimate of drug-likeness (QED) is 0.810. The highest BCUT2D eigenvalue weighted by Gasteiger charge is 2.10. The molecule has 0 spiro atoms. The first-order valence-electron chi connectivity index (χ1n) is 3.65. The summed E-state index contributed by atoms with van der Waals surface area (Å²) in [5.41, 5.74) is 1.49. The van der Waals surface area contributed by atoms with E-state index in [9.17, 15) is 0 Å². The van der Waals surface area contributed by atoms with Crippen LogP contribution in [0.5, 0.6) is 0 Å². The van der Waals surface area contributed by atoms with Gasteiger partial charge in [0.15, 0.2) is 0 Å². The molecule has 0 aromatic carbocycles. The van der Waals surface area contributed by atoms with Gasteiger partial charge in [0.25, 0.3) is 0 Å². The van der Waals surface area contributed by atoms with E-state index >= 15 is 0 Å². The molecule has 0 bridgehead atoms. The third-order valence-electron chi connectivity index (χ3n) is 1.00. The zero-order valence-corrected chi connectivity index (χ0v) is 11.5. The minimum Gasteiger partial charge on any atom is -0.172 e. The van der Waals surface area contributed by atoms with Gasteiger partial charge in [-0.15, -0.1) is 0 Å². The van der Waals surface area contributed by atoms with E-state index in [0.29, 0.717) is 0 Å². The van der Waals surface area contributed by atoms with Crippen LogP contribution in [0.15, 0.2) is 13.2 Å². The largest absolute Gasteiger partial charge is 0.172 e. The molecule has 1 rings (SSSR count). The van der Waals surface area contributed by atoms with Gasteiger partial charge >= 0.3 is 0 Å². The summed E-state index contributed by atoms with van der Waals surface area (Å²) in [7, 11) is 0. The Morgan fingerprint density at radius 2 is 1.38 bits per heavy atom. The van der Waals surface area contributed by atoms with Crippen LogP contribution >= 0.6 is 43.6 Å². The van der Waals surface area contributed by atoms with Crippen molar-refractivity contribution in [1.82, 2.24) is 8.75 Å². The molecule has 0 N–H and O–H groups in total. The average Bonchev–Trinajstić information content (AvgIpc) is 2.55. The molecule has 72 valence electrons. The number of rotatable bonds is 2. The lowest BCUT2D eigenvalue weighted by Crippen LogP contribution is -1.82. The molecule has 0 amide bonds. The number of aromatic nitrogens is 2. The molecule has 0 fully saturated rings. The normalized spacial score (nSPS) is 8.62. The van der Waals surface area contributed by atoms with Gasteiger partial charge in [0.1, 0.15) is 11.4 Å². The predicted molar refractivity (Wildman–Crippen MR) is 67.2 cm³/mol. The Kier molecular flexibility index (Phi) is 6.45. The fourth-order valence-electron chi connectivity index (χ4n) is 0.545. The van der Waals surface area contributed by atoms with Crippen molar-refractivity contribution in [2.24, 2.45) is 0 Å². The Bertz CT molecular complexity index is 278. The lowest BCUT2D eigenvalue weighted by molar-refractivity contribution is 1.43. The second-order valence-electron chi connectivity index (χ2n) is 1.77. The molecule has 0 aliphatic carbocycles. The van der Waals surface area contributed by atoms with Crippen LogP contribution in [0.2, 0.25) is 0 Å². The average molecular weight is 326 g/mol. The van der Waals surface area contributed by atoms with Gasteiger partial charge in [-0.05, 0) is 31.9 Å². The highest BCUT2D eigenvalue weighted by molar-refractivity contribution is 9.15. The van der Waals surface area contributed by atoms with E-state index in [0.717, 1.165) is 32.1 Å². The zero-order valence-electron chi connectivity index (χ0n) is 7.47. The van der Waals surface area contributed by atoms with Crippen LogP contribution < -0.4 is 0 Å². The maximum Gasteiger partial charge on any atom is 0.119 e. The second-order valence-corrected chi connectivity index (χ2v) is 4.21. The molecular weight excluding hydrogens is 316 g/mol. The first kappa shape index (κ1) is 13.0. The maximum absolute atomic E-state index is 4.03. The lowest BCUT2D eigenvalue weighted by Gasteiger charge is -1.93. The zero-order chi connectivity index (χ0) is 10.4. The molecule has 13 heavy (non-hydrogen) atoms. The number of halogens is 2. The Labute approximate surface area is 99.3 Å². The van der Waals surface area contributed by atoms with Gasteiger partial charge in [-0.25, -0.2) is 0 Å². The van der Waals surface area contributed by atoms with E-state index in [1.807, 2.05) is 13.8 Å². The number of nitrogens with zero attached hydrogens (tertiary/aromatic N) is 2. The van der Waals surface area contributed by atoms with Crippen LogP contribution in [0.1, 0.15) is 25.2 Å². The van der Waals surface area contributed by atoms with Gasteiger partial charge in [-0.2, -0.15) is 8.75 Å². The smallest absolute Gasteiger partial charge is 0.119 e. The third-order valence-corrected chi connectivity index (χ3v) is 2.28. The van der Waals surface area contributed by atoms with E-state index < -0.39 is 0 Å². The van der Waals surface area contributed by atoms with Crippen LogP contribution in [-0.2, 0) is 0 Å². The van der Waals surface area contributed by atoms with Crippen LogP contribution in [0, 0.1) is 0 Å². The first-order chi connectivity index (χ1) is 6.13. The maximum atomic E-state index is 4.03. The Balaban J connectivity index is 0.000000671. The summed E-state index contributed by atoms with van der Waals surface area (Å²) >= 11 is 7.60. The first-order valence-corrected chi connectivity index (χ1v) is 5.96. The topological polar surface area (TPSA) is 25.8 Å². The molecule has 5 heteroatoms. The number of hydrogen-bond acceptors (Lipinski definition) is 3.